The van der Waals surface area contributed by atoms with Crippen molar-refractivity contribution in [3.8, 4) is 0 Å². The average molecular weight is 260 g/mol. The van der Waals surface area contributed by atoms with E-state index < -0.39 is 11.2 Å². The highest BCUT2D eigenvalue weighted by Crippen LogP contribution is 2.64. The summed E-state index contributed by atoms with van der Waals surface area (Å²) in [5.74, 6) is -0.0694. The third kappa shape index (κ3) is 1.15. The first-order chi connectivity index (χ1) is 9.08. The van der Waals surface area contributed by atoms with Crippen molar-refractivity contribution in [2.24, 2.45) is 5.92 Å². The molecule has 2 fully saturated rings. The lowest BCUT2D eigenvalue weighted by Crippen LogP contribution is -2.82. The van der Waals surface area contributed by atoms with Gasteiger partial charge in [0.25, 0.3) is 0 Å². The first-order valence-electron chi connectivity index (χ1n) is 6.70. The molecule has 0 amide bonds. The summed E-state index contributed by atoms with van der Waals surface area (Å²) in [6, 6.07) is 7.95. The summed E-state index contributed by atoms with van der Waals surface area (Å²) in [7, 11) is 0. The summed E-state index contributed by atoms with van der Waals surface area (Å²) in [4.78, 5) is 11.2. The smallest absolute Gasteiger partial charge is 0.303 e. The number of ether oxygens (including phenoxy) is 2. The van der Waals surface area contributed by atoms with Gasteiger partial charge in [-0.15, -0.1) is 0 Å². The second kappa shape index (κ2) is 3.38. The SMILES string of the molecule is CC(=O)O[C@H]1C[C@@H]2Cc3ccccc3[C@]3(O)CO[C@@]213. The first kappa shape index (κ1) is 11.4. The normalized spacial score (nSPS) is 42.0. The van der Waals surface area contributed by atoms with Crippen molar-refractivity contribution in [3.63, 3.8) is 0 Å². The van der Waals surface area contributed by atoms with Crippen molar-refractivity contribution in [2.45, 2.75) is 37.1 Å². The molecule has 2 aliphatic carbocycles. The van der Waals surface area contributed by atoms with Crippen molar-refractivity contribution in [3.05, 3.63) is 35.4 Å². The third-order valence-electron chi connectivity index (χ3n) is 4.99. The molecule has 1 aromatic carbocycles. The fourth-order valence-corrected chi connectivity index (χ4v) is 4.13. The van der Waals surface area contributed by atoms with Gasteiger partial charge < -0.3 is 14.6 Å². The number of esters is 1. The molecule has 4 rings (SSSR count). The summed E-state index contributed by atoms with van der Waals surface area (Å²) in [6.07, 6.45) is 1.34. The fraction of sp³-hybridized carbons (Fsp3) is 0.533. The zero-order chi connectivity index (χ0) is 13.3. The molecule has 1 aromatic rings. The van der Waals surface area contributed by atoms with E-state index in [9.17, 15) is 9.90 Å². The molecule has 1 saturated carbocycles. The van der Waals surface area contributed by atoms with Crippen LogP contribution in [0.15, 0.2) is 24.3 Å². The Kier molecular flexibility index (Phi) is 2.03. The van der Waals surface area contributed by atoms with Gasteiger partial charge >= 0.3 is 5.97 Å². The third-order valence-corrected chi connectivity index (χ3v) is 4.99. The van der Waals surface area contributed by atoms with Gasteiger partial charge in [-0.2, -0.15) is 0 Å². The minimum absolute atomic E-state index is 0.241. The van der Waals surface area contributed by atoms with Crippen molar-refractivity contribution in [1.82, 2.24) is 0 Å². The van der Waals surface area contributed by atoms with Gasteiger partial charge in [-0.05, 0) is 24.0 Å². The number of aliphatic hydroxyl groups is 1. The predicted molar refractivity (Wildman–Crippen MR) is 66.4 cm³/mol. The summed E-state index contributed by atoms with van der Waals surface area (Å²) in [5.41, 5.74) is 0.433. The number of hydrogen-bond acceptors (Lipinski definition) is 4. The molecule has 1 aliphatic heterocycles. The van der Waals surface area contributed by atoms with E-state index in [1.165, 1.54) is 12.5 Å². The monoisotopic (exact) mass is 260 g/mol. The van der Waals surface area contributed by atoms with Crippen molar-refractivity contribution in [1.29, 1.82) is 0 Å². The van der Waals surface area contributed by atoms with Gasteiger partial charge in [0.1, 0.15) is 17.3 Å². The number of carbonyl (C=O) groups excluding carboxylic acids is 1. The minimum atomic E-state index is -0.995. The predicted octanol–water partition coefficient (Wildman–Crippen LogP) is 1.15. The Morgan fingerprint density at radius 1 is 1.47 bits per heavy atom. The highest BCUT2D eigenvalue weighted by Gasteiger charge is 2.77. The summed E-state index contributed by atoms with van der Waals surface area (Å²) in [6.45, 7) is 1.69. The van der Waals surface area contributed by atoms with Gasteiger partial charge in [0.15, 0.2) is 0 Å². The van der Waals surface area contributed by atoms with Crippen LogP contribution in [0.4, 0.5) is 0 Å². The van der Waals surface area contributed by atoms with Crippen molar-refractivity contribution >= 4 is 5.97 Å². The standard InChI is InChI=1S/C15H16O4/c1-9(16)19-13-7-11-6-10-4-2-3-5-12(10)14(17)8-18-15(11,13)14/h2-5,11,13,17H,6-8H2,1H3/t11-,13-,14+,15-/m0/s1. The molecule has 1 spiro atoms. The molecule has 3 aliphatic rings. The topological polar surface area (TPSA) is 55.8 Å². The molecule has 100 valence electrons. The molecule has 1 saturated heterocycles. The highest BCUT2D eigenvalue weighted by molar-refractivity contribution is 5.66. The summed E-state index contributed by atoms with van der Waals surface area (Å²) in [5, 5.41) is 11.0. The van der Waals surface area contributed by atoms with E-state index in [2.05, 4.69) is 6.07 Å². The summed E-state index contributed by atoms with van der Waals surface area (Å²) < 4.78 is 11.1. The van der Waals surface area contributed by atoms with Gasteiger partial charge in [-0.3, -0.25) is 4.79 Å². The average Bonchev–Trinajstić information content (AvgIpc) is 2.34. The number of rotatable bonds is 1. The van der Waals surface area contributed by atoms with Crippen molar-refractivity contribution < 1.29 is 19.4 Å². The van der Waals surface area contributed by atoms with Crippen LogP contribution in [0.5, 0.6) is 0 Å². The van der Waals surface area contributed by atoms with E-state index in [-0.39, 0.29) is 24.6 Å². The maximum atomic E-state index is 11.2. The maximum Gasteiger partial charge on any atom is 0.303 e. The van der Waals surface area contributed by atoms with Crippen LogP contribution in [-0.2, 0) is 26.3 Å². The van der Waals surface area contributed by atoms with Gasteiger partial charge in [0.2, 0.25) is 0 Å². The largest absolute Gasteiger partial charge is 0.459 e. The quantitative estimate of drug-likeness (QED) is 0.770. The van der Waals surface area contributed by atoms with E-state index in [1.807, 2.05) is 18.2 Å². The number of carbonyl (C=O) groups is 1. The zero-order valence-corrected chi connectivity index (χ0v) is 10.8. The van der Waals surface area contributed by atoms with E-state index in [0.717, 1.165) is 18.4 Å². The second-order valence-electron chi connectivity index (χ2n) is 5.83. The molecule has 1 N–H and O–H groups in total. The van der Waals surface area contributed by atoms with Crippen LogP contribution in [0.1, 0.15) is 24.5 Å². The zero-order valence-electron chi connectivity index (χ0n) is 10.8. The van der Waals surface area contributed by atoms with Crippen LogP contribution in [0.25, 0.3) is 0 Å². The Morgan fingerprint density at radius 2 is 2.26 bits per heavy atom. The van der Waals surface area contributed by atoms with Crippen LogP contribution in [0, 0.1) is 5.92 Å². The Labute approximate surface area is 111 Å². The van der Waals surface area contributed by atoms with E-state index in [4.69, 9.17) is 9.47 Å². The van der Waals surface area contributed by atoms with Gasteiger partial charge in [-0.25, -0.2) is 0 Å². The molecule has 4 heteroatoms. The summed E-state index contributed by atoms with van der Waals surface area (Å²) >= 11 is 0. The molecule has 4 nitrogen and oxygen atoms in total. The van der Waals surface area contributed by atoms with Crippen LogP contribution in [0.3, 0.4) is 0 Å². The molecule has 0 aromatic heterocycles. The molecule has 19 heavy (non-hydrogen) atoms. The molecular formula is C15H16O4. The molecular weight excluding hydrogens is 244 g/mol. The van der Waals surface area contributed by atoms with Crippen LogP contribution in [-0.4, -0.2) is 29.4 Å². The fourth-order valence-electron chi connectivity index (χ4n) is 4.13. The van der Waals surface area contributed by atoms with Gasteiger partial charge in [-0.1, -0.05) is 24.3 Å². The van der Waals surface area contributed by atoms with Crippen LogP contribution in [0.2, 0.25) is 0 Å². The number of benzene rings is 1. The van der Waals surface area contributed by atoms with Gasteiger partial charge in [0.05, 0.1) is 6.61 Å². The molecule has 0 bridgehead atoms. The van der Waals surface area contributed by atoms with E-state index in [1.54, 1.807) is 0 Å². The Bertz CT molecular complexity index is 569. The molecule has 0 unspecified atom stereocenters. The van der Waals surface area contributed by atoms with Gasteiger partial charge in [0, 0.05) is 12.8 Å². The number of fused-ring (bicyclic) bond motifs is 2. The molecule has 4 atom stereocenters. The number of hydrogen-bond donors (Lipinski definition) is 1. The Balaban J connectivity index is 1.78. The van der Waals surface area contributed by atoms with Crippen LogP contribution < -0.4 is 0 Å². The van der Waals surface area contributed by atoms with E-state index in [0.29, 0.717) is 0 Å². The lowest BCUT2D eigenvalue weighted by atomic mass is 9.49. The van der Waals surface area contributed by atoms with Crippen molar-refractivity contribution in [2.75, 3.05) is 6.61 Å². The second-order valence-corrected chi connectivity index (χ2v) is 5.83. The van der Waals surface area contributed by atoms with E-state index >= 15 is 0 Å². The first-order valence-corrected chi connectivity index (χ1v) is 6.70. The van der Waals surface area contributed by atoms with Crippen LogP contribution >= 0.6 is 0 Å². The molecule has 1 heterocycles. The Hall–Kier alpha value is -1.39. The minimum Gasteiger partial charge on any atom is -0.459 e. The maximum absolute atomic E-state index is 11.2. The highest BCUT2D eigenvalue weighted by atomic mass is 16.6. The molecule has 0 radical (unpaired) electrons. The Morgan fingerprint density at radius 3 is 2.95 bits per heavy atom. The lowest BCUT2D eigenvalue weighted by molar-refractivity contribution is -0.405. The lowest BCUT2D eigenvalue weighted by Gasteiger charge is -2.69.